The number of hydrogen-bond acceptors (Lipinski definition) is 4. The van der Waals surface area contributed by atoms with Gasteiger partial charge in [0.15, 0.2) is 0 Å². The van der Waals surface area contributed by atoms with Gasteiger partial charge in [-0.3, -0.25) is 9.59 Å². The predicted molar refractivity (Wildman–Crippen MR) is 136 cm³/mol. The lowest BCUT2D eigenvalue weighted by Gasteiger charge is -2.12. The maximum absolute atomic E-state index is 13.1. The molecule has 0 bridgehead atoms. The molecule has 1 heterocycles. The molecular formula is C27H25N5O3. The zero-order valence-corrected chi connectivity index (χ0v) is 19.6. The fraction of sp³-hybridized carbons (Fsp3) is 0.111. The quantitative estimate of drug-likeness (QED) is 0.266. The minimum atomic E-state index is -0.780. The highest BCUT2D eigenvalue weighted by Crippen LogP contribution is 2.23. The molecule has 0 aliphatic carbocycles. The fourth-order valence-corrected chi connectivity index (χ4v) is 3.73. The Labute approximate surface area is 203 Å². The van der Waals surface area contributed by atoms with E-state index in [0.29, 0.717) is 28.5 Å². The van der Waals surface area contributed by atoms with Crippen LogP contribution >= 0.6 is 0 Å². The highest BCUT2D eigenvalue weighted by atomic mass is 16.2. The Morgan fingerprint density at radius 1 is 0.743 bits per heavy atom. The standard InChI is InChI=1S/C27H25N5O3/c1-17-14-15-21(29-27(35)28-20-10-6-4-7-11-20)16-23(17)30-26(34)25(33)24-18(2)31-32(19(24)3)22-12-8-5-9-13-22/h4-16H,1-3H3,(H,30,34)(H2,28,29,35). The number of nitrogens with zero attached hydrogens (tertiary/aromatic N) is 2. The van der Waals surface area contributed by atoms with Crippen LogP contribution in [-0.4, -0.2) is 27.5 Å². The van der Waals surface area contributed by atoms with Crippen molar-refractivity contribution in [2.45, 2.75) is 20.8 Å². The molecule has 3 aromatic carbocycles. The minimum Gasteiger partial charge on any atom is -0.319 e. The fourth-order valence-electron chi connectivity index (χ4n) is 3.73. The minimum absolute atomic E-state index is 0.264. The molecule has 8 heteroatoms. The first-order valence-corrected chi connectivity index (χ1v) is 11.0. The molecule has 0 saturated heterocycles. The van der Waals surface area contributed by atoms with Gasteiger partial charge in [0.25, 0.3) is 11.7 Å². The summed E-state index contributed by atoms with van der Waals surface area (Å²) in [5.74, 6) is -1.46. The summed E-state index contributed by atoms with van der Waals surface area (Å²) in [5.41, 5.74) is 4.40. The summed E-state index contributed by atoms with van der Waals surface area (Å²) in [6, 6.07) is 23.1. The molecule has 0 unspecified atom stereocenters. The summed E-state index contributed by atoms with van der Waals surface area (Å²) in [6.45, 7) is 5.26. The average Bonchev–Trinajstić information content (AvgIpc) is 3.15. The van der Waals surface area contributed by atoms with Gasteiger partial charge in [0.1, 0.15) is 0 Å². The first kappa shape index (κ1) is 23.4. The number of benzene rings is 3. The molecule has 0 fully saturated rings. The van der Waals surface area contributed by atoms with E-state index >= 15 is 0 Å². The number of anilines is 3. The first-order valence-electron chi connectivity index (χ1n) is 11.0. The van der Waals surface area contributed by atoms with E-state index in [1.54, 1.807) is 55.8 Å². The molecule has 8 nitrogen and oxygen atoms in total. The van der Waals surface area contributed by atoms with Crippen LogP contribution in [0.1, 0.15) is 27.3 Å². The van der Waals surface area contributed by atoms with Crippen LogP contribution in [0.4, 0.5) is 21.9 Å². The van der Waals surface area contributed by atoms with Crippen molar-refractivity contribution in [1.29, 1.82) is 0 Å². The Hall–Kier alpha value is -4.72. The smallest absolute Gasteiger partial charge is 0.319 e. The zero-order valence-electron chi connectivity index (χ0n) is 19.6. The largest absolute Gasteiger partial charge is 0.323 e. The van der Waals surface area contributed by atoms with Crippen molar-refractivity contribution in [3.63, 3.8) is 0 Å². The Morgan fingerprint density at radius 3 is 2.06 bits per heavy atom. The third-order valence-corrected chi connectivity index (χ3v) is 5.50. The molecule has 0 radical (unpaired) electrons. The van der Waals surface area contributed by atoms with Crippen molar-refractivity contribution in [3.05, 3.63) is 101 Å². The number of carbonyl (C=O) groups excluding carboxylic acids is 3. The number of Topliss-reactive ketones (excluding diaryl/α,β-unsaturated/α-hetero) is 1. The molecule has 0 spiro atoms. The molecule has 0 saturated carbocycles. The monoisotopic (exact) mass is 467 g/mol. The maximum Gasteiger partial charge on any atom is 0.323 e. The number of carbonyl (C=O) groups is 3. The Balaban J connectivity index is 1.49. The Morgan fingerprint density at radius 2 is 1.37 bits per heavy atom. The summed E-state index contributed by atoms with van der Waals surface area (Å²) >= 11 is 0. The van der Waals surface area contributed by atoms with Crippen molar-refractivity contribution >= 4 is 34.8 Å². The molecular weight excluding hydrogens is 442 g/mol. The predicted octanol–water partition coefficient (Wildman–Crippen LogP) is 5.26. The zero-order chi connectivity index (χ0) is 24.9. The van der Waals surface area contributed by atoms with E-state index in [1.807, 2.05) is 48.5 Å². The van der Waals surface area contributed by atoms with Crippen LogP contribution in [-0.2, 0) is 4.79 Å². The molecule has 35 heavy (non-hydrogen) atoms. The summed E-state index contributed by atoms with van der Waals surface area (Å²) < 4.78 is 1.65. The number of urea groups is 1. The maximum atomic E-state index is 13.1. The van der Waals surface area contributed by atoms with Crippen LogP contribution in [0, 0.1) is 20.8 Å². The average molecular weight is 468 g/mol. The van der Waals surface area contributed by atoms with E-state index in [2.05, 4.69) is 21.0 Å². The van der Waals surface area contributed by atoms with Gasteiger partial charge in [-0.15, -0.1) is 0 Å². The van der Waals surface area contributed by atoms with Gasteiger partial charge in [0, 0.05) is 17.1 Å². The van der Waals surface area contributed by atoms with Crippen molar-refractivity contribution in [2.24, 2.45) is 0 Å². The normalized spacial score (nSPS) is 10.5. The SMILES string of the molecule is Cc1ccc(NC(=O)Nc2ccccc2)cc1NC(=O)C(=O)c1c(C)nn(-c2ccccc2)c1C. The van der Waals surface area contributed by atoms with Crippen molar-refractivity contribution in [3.8, 4) is 5.69 Å². The molecule has 4 rings (SSSR count). The van der Waals surface area contributed by atoms with Gasteiger partial charge >= 0.3 is 6.03 Å². The highest BCUT2D eigenvalue weighted by Gasteiger charge is 2.25. The van der Waals surface area contributed by atoms with E-state index in [0.717, 1.165) is 11.3 Å². The molecule has 0 aliphatic rings. The topological polar surface area (TPSA) is 105 Å². The van der Waals surface area contributed by atoms with Crippen LogP contribution in [0.25, 0.3) is 5.69 Å². The number of para-hydroxylation sites is 2. The number of aromatic nitrogens is 2. The van der Waals surface area contributed by atoms with Crippen LogP contribution in [0.5, 0.6) is 0 Å². The van der Waals surface area contributed by atoms with Gasteiger partial charge in [-0.25, -0.2) is 9.48 Å². The second-order valence-corrected chi connectivity index (χ2v) is 8.05. The molecule has 0 atom stereocenters. The number of hydrogen-bond donors (Lipinski definition) is 3. The van der Waals surface area contributed by atoms with Gasteiger partial charge in [0.05, 0.1) is 22.6 Å². The van der Waals surface area contributed by atoms with E-state index in [4.69, 9.17) is 0 Å². The molecule has 4 aromatic rings. The van der Waals surface area contributed by atoms with Crippen molar-refractivity contribution < 1.29 is 14.4 Å². The Kier molecular flexibility index (Phi) is 6.73. The summed E-state index contributed by atoms with van der Waals surface area (Å²) in [5, 5.41) is 12.6. The molecule has 0 aliphatic heterocycles. The number of amides is 3. The van der Waals surface area contributed by atoms with Gasteiger partial charge in [-0.1, -0.05) is 42.5 Å². The third-order valence-electron chi connectivity index (χ3n) is 5.50. The number of rotatable bonds is 6. The van der Waals surface area contributed by atoms with E-state index in [9.17, 15) is 14.4 Å². The third kappa shape index (κ3) is 5.27. The lowest BCUT2D eigenvalue weighted by atomic mass is 10.1. The van der Waals surface area contributed by atoms with Gasteiger partial charge in [-0.2, -0.15) is 5.10 Å². The Bertz CT molecular complexity index is 1400. The van der Waals surface area contributed by atoms with Crippen LogP contribution in [0.2, 0.25) is 0 Å². The van der Waals surface area contributed by atoms with Gasteiger partial charge in [-0.05, 0) is 62.7 Å². The van der Waals surface area contributed by atoms with Crippen LogP contribution in [0.15, 0.2) is 78.9 Å². The van der Waals surface area contributed by atoms with Crippen molar-refractivity contribution in [2.75, 3.05) is 16.0 Å². The van der Waals surface area contributed by atoms with E-state index in [1.165, 1.54) is 0 Å². The van der Waals surface area contributed by atoms with E-state index in [-0.39, 0.29) is 5.56 Å². The first-order chi connectivity index (χ1) is 16.8. The van der Waals surface area contributed by atoms with Gasteiger partial charge in [0.2, 0.25) is 0 Å². The van der Waals surface area contributed by atoms with Crippen LogP contribution in [0.3, 0.4) is 0 Å². The summed E-state index contributed by atoms with van der Waals surface area (Å²) in [6.07, 6.45) is 0. The lowest BCUT2D eigenvalue weighted by molar-refractivity contribution is -0.112. The number of aryl methyl sites for hydroxylation is 2. The second kappa shape index (κ2) is 10.0. The number of nitrogens with one attached hydrogen (secondary N) is 3. The van der Waals surface area contributed by atoms with E-state index < -0.39 is 17.7 Å². The summed E-state index contributed by atoms with van der Waals surface area (Å²) in [4.78, 5) is 38.3. The molecule has 3 N–H and O–H groups in total. The molecule has 3 amide bonds. The lowest BCUT2D eigenvalue weighted by Crippen LogP contribution is -2.24. The van der Waals surface area contributed by atoms with Crippen LogP contribution < -0.4 is 16.0 Å². The number of ketones is 1. The second-order valence-electron chi connectivity index (χ2n) is 8.05. The highest BCUT2D eigenvalue weighted by molar-refractivity contribution is 6.47. The summed E-state index contributed by atoms with van der Waals surface area (Å²) in [7, 11) is 0. The van der Waals surface area contributed by atoms with Crippen molar-refractivity contribution in [1.82, 2.24) is 9.78 Å². The molecule has 176 valence electrons. The molecule has 1 aromatic heterocycles. The van der Waals surface area contributed by atoms with Gasteiger partial charge < -0.3 is 16.0 Å².